The standard InChI is InChI=1S/C16H26N4O/c1-11(2)21-15-9-12(3)18-16(19-15)20-8-6-14-13(10-20)5-4-7-17-14/h9,11,13-14,17H,4-8,10H2,1-3H3. The molecule has 3 rings (SSSR count). The number of hydrogen-bond acceptors (Lipinski definition) is 5. The molecule has 1 aromatic heterocycles. The van der Waals surface area contributed by atoms with Gasteiger partial charge in [-0.25, -0.2) is 4.98 Å². The van der Waals surface area contributed by atoms with E-state index >= 15 is 0 Å². The molecule has 1 N–H and O–H groups in total. The molecule has 0 aromatic carbocycles. The molecule has 0 spiro atoms. The van der Waals surface area contributed by atoms with Gasteiger partial charge in [-0.1, -0.05) is 0 Å². The fourth-order valence-corrected chi connectivity index (χ4v) is 3.39. The van der Waals surface area contributed by atoms with Crippen molar-refractivity contribution in [2.75, 3.05) is 24.5 Å². The Kier molecular flexibility index (Phi) is 4.29. The van der Waals surface area contributed by atoms with Crippen LogP contribution in [-0.2, 0) is 0 Å². The number of aromatic nitrogens is 2. The summed E-state index contributed by atoms with van der Waals surface area (Å²) in [6.07, 6.45) is 3.92. The first kappa shape index (κ1) is 14.6. The molecule has 2 fully saturated rings. The molecule has 1 aromatic rings. The minimum Gasteiger partial charge on any atom is -0.475 e. The van der Waals surface area contributed by atoms with E-state index in [0.29, 0.717) is 11.9 Å². The van der Waals surface area contributed by atoms with Gasteiger partial charge in [0.2, 0.25) is 11.8 Å². The zero-order valence-electron chi connectivity index (χ0n) is 13.3. The average Bonchev–Trinajstić information content (AvgIpc) is 2.45. The number of nitrogens with one attached hydrogen (secondary N) is 1. The van der Waals surface area contributed by atoms with E-state index in [1.165, 1.54) is 25.8 Å². The first-order valence-electron chi connectivity index (χ1n) is 8.12. The van der Waals surface area contributed by atoms with Crippen molar-refractivity contribution < 1.29 is 4.74 Å². The quantitative estimate of drug-likeness (QED) is 0.924. The van der Waals surface area contributed by atoms with Gasteiger partial charge in [-0.15, -0.1) is 0 Å². The van der Waals surface area contributed by atoms with Crippen LogP contribution in [0.3, 0.4) is 0 Å². The lowest BCUT2D eigenvalue weighted by atomic mass is 9.85. The Morgan fingerprint density at radius 1 is 1.33 bits per heavy atom. The molecular formula is C16H26N4O. The second kappa shape index (κ2) is 6.18. The second-order valence-electron chi connectivity index (χ2n) is 6.51. The molecule has 116 valence electrons. The van der Waals surface area contributed by atoms with Crippen molar-refractivity contribution in [1.82, 2.24) is 15.3 Å². The number of nitrogens with zero attached hydrogens (tertiary/aromatic N) is 3. The minimum absolute atomic E-state index is 0.139. The molecule has 0 amide bonds. The van der Waals surface area contributed by atoms with E-state index in [4.69, 9.17) is 4.74 Å². The summed E-state index contributed by atoms with van der Waals surface area (Å²) >= 11 is 0. The number of rotatable bonds is 3. The highest BCUT2D eigenvalue weighted by Crippen LogP contribution is 2.27. The molecule has 0 bridgehead atoms. The molecule has 2 saturated heterocycles. The lowest BCUT2D eigenvalue weighted by Crippen LogP contribution is -2.52. The second-order valence-corrected chi connectivity index (χ2v) is 6.51. The van der Waals surface area contributed by atoms with Gasteiger partial charge in [0, 0.05) is 30.9 Å². The van der Waals surface area contributed by atoms with Crippen molar-refractivity contribution in [2.24, 2.45) is 5.92 Å². The summed E-state index contributed by atoms with van der Waals surface area (Å²) in [6, 6.07) is 2.60. The van der Waals surface area contributed by atoms with E-state index in [1.54, 1.807) is 0 Å². The van der Waals surface area contributed by atoms with Crippen LogP contribution in [0.15, 0.2) is 6.07 Å². The number of fused-ring (bicyclic) bond motifs is 1. The summed E-state index contributed by atoms with van der Waals surface area (Å²) in [5.74, 6) is 2.25. The Hall–Kier alpha value is -1.36. The maximum atomic E-state index is 5.74. The molecule has 2 aliphatic rings. The van der Waals surface area contributed by atoms with E-state index < -0.39 is 0 Å². The van der Waals surface area contributed by atoms with Gasteiger partial charge in [-0.2, -0.15) is 4.98 Å². The first-order valence-corrected chi connectivity index (χ1v) is 8.12. The molecule has 0 radical (unpaired) electrons. The monoisotopic (exact) mass is 290 g/mol. The van der Waals surface area contributed by atoms with Gasteiger partial charge in [-0.3, -0.25) is 0 Å². The van der Waals surface area contributed by atoms with Crippen LogP contribution in [0.1, 0.15) is 38.8 Å². The van der Waals surface area contributed by atoms with E-state index in [1.807, 2.05) is 26.8 Å². The summed E-state index contributed by atoms with van der Waals surface area (Å²) in [6.45, 7) is 9.31. The third kappa shape index (κ3) is 3.46. The van der Waals surface area contributed by atoms with Crippen molar-refractivity contribution in [3.63, 3.8) is 0 Å². The van der Waals surface area contributed by atoms with Gasteiger partial charge in [0.15, 0.2) is 0 Å². The number of anilines is 1. The van der Waals surface area contributed by atoms with Gasteiger partial charge in [-0.05, 0) is 52.5 Å². The Morgan fingerprint density at radius 3 is 3.00 bits per heavy atom. The maximum absolute atomic E-state index is 5.74. The number of aryl methyl sites for hydroxylation is 1. The molecule has 5 nitrogen and oxygen atoms in total. The average molecular weight is 290 g/mol. The van der Waals surface area contributed by atoms with E-state index in [-0.39, 0.29) is 6.10 Å². The predicted molar refractivity (Wildman–Crippen MR) is 83.9 cm³/mol. The smallest absolute Gasteiger partial charge is 0.228 e. The van der Waals surface area contributed by atoms with Crippen LogP contribution in [0.4, 0.5) is 5.95 Å². The molecule has 3 heterocycles. The first-order chi connectivity index (χ1) is 10.1. The lowest BCUT2D eigenvalue weighted by molar-refractivity contribution is 0.229. The van der Waals surface area contributed by atoms with Crippen molar-refractivity contribution in [3.05, 3.63) is 11.8 Å². The molecule has 0 aliphatic carbocycles. The SMILES string of the molecule is Cc1cc(OC(C)C)nc(N2CCC3NCCCC3C2)n1. The van der Waals surface area contributed by atoms with Crippen LogP contribution >= 0.6 is 0 Å². The van der Waals surface area contributed by atoms with E-state index in [2.05, 4.69) is 20.2 Å². The third-order valence-corrected chi connectivity index (χ3v) is 4.35. The molecule has 2 aliphatic heterocycles. The fourth-order valence-electron chi connectivity index (χ4n) is 3.39. The van der Waals surface area contributed by atoms with Gasteiger partial charge in [0.1, 0.15) is 0 Å². The van der Waals surface area contributed by atoms with Crippen LogP contribution in [0.25, 0.3) is 0 Å². The Labute approximate surface area is 127 Å². The highest BCUT2D eigenvalue weighted by atomic mass is 16.5. The Bertz CT molecular complexity index is 491. The van der Waals surface area contributed by atoms with Gasteiger partial charge in [0.05, 0.1) is 6.10 Å². The van der Waals surface area contributed by atoms with Gasteiger partial charge < -0.3 is 15.0 Å². The van der Waals surface area contributed by atoms with Crippen LogP contribution in [0.2, 0.25) is 0 Å². The van der Waals surface area contributed by atoms with E-state index in [0.717, 1.165) is 30.6 Å². The number of piperidine rings is 2. The van der Waals surface area contributed by atoms with Crippen LogP contribution in [0.5, 0.6) is 5.88 Å². The highest BCUT2D eigenvalue weighted by molar-refractivity contribution is 5.35. The topological polar surface area (TPSA) is 50.3 Å². The summed E-state index contributed by atoms with van der Waals surface area (Å²) in [5, 5.41) is 3.65. The summed E-state index contributed by atoms with van der Waals surface area (Å²) in [4.78, 5) is 11.6. The molecule has 2 atom stereocenters. The summed E-state index contributed by atoms with van der Waals surface area (Å²) in [7, 11) is 0. The minimum atomic E-state index is 0.139. The lowest BCUT2D eigenvalue weighted by Gasteiger charge is -2.41. The largest absolute Gasteiger partial charge is 0.475 e. The fraction of sp³-hybridized carbons (Fsp3) is 0.750. The number of hydrogen-bond donors (Lipinski definition) is 1. The molecule has 5 heteroatoms. The molecule has 21 heavy (non-hydrogen) atoms. The Morgan fingerprint density at radius 2 is 2.19 bits per heavy atom. The summed E-state index contributed by atoms with van der Waals surface area (Å²) < 4.78 is 5.74. The maximum Gasteiger partial charge on any atom is 0.228 e. The van der Waals surface area contributed by atoms with Crippen LogP contribution in [-0.4, -0.2) is 41.7 Å². The van der Waals surface area contributed by atoms with Crippen LogP contribution in [0, 0.1) is 12.8 Å². The van der Waals surface area contributed by atoms with Gasteiger partial charge >= 0.3 is 0 Å². The van der Waals surface area contributed by atoms with Gasteiger partial charge in [0.25, 0.3) is 0 Å². The van der Waals surface area contributed by atoms with E-state index in [9.17, 15) is 0 Å². The normalized spacial score (nSPS) is 25.8. The third-order valence-electron chi connectivity index (χ3n) is 4.35. The van der Waals surface area contributed by atoms with Crippen molar-refractivity contribution in [3.8, 4) is 5.88 Å². The molecule has 0 saturated carbocycles. The Balaban J connectivity index is 1.75. The molecular weight excluding hydrogens is 264 g/mol. The zero-order chi connectivity index (χ0) is 14.8. The van der Waals surface area contributed by atoms with Crippen molar-refractivity contribution in [1.29, 1.82) is 0 Å². The number of ether oxygens (including phenoxy) is 1. The summed E-state index contributed by atoms with van der Waals surface area (Å²) in [5.41, 5.74) is 0.972. The highest BCUT2D eigenvalue weighted by Gasteiger charge is 2.32. The van der Waals surface area contributed by atoms with Crippen molar-refractivity contribution in [2.45, 2.75) is 52.2 Å². The zero-order valence-corrected chi connectivity index (χ0v) is 13.3. The molecule has 2 unspecified atom stereocenters. The predicted octanol–water partition coefficient (Wildman–Crippen LogP) is 2.15. The van der Waals surface area contributed by atoms with Crippen molar-refractivity contribution >= 4 is 5.95 Å². The van der Waals surface area contributed by atoms with Crippen LogP contribution < -0.4 is 15.0 Å².